The second-order valence-electron chi connectivity index (χ2n) is 8.16. The minimum Gasteiger partial charge on any atom is -0.458 e. The van der Waals surface area contributed by atoms with Crippen LogP contribution in [0.2, 0.25) is 0 Å². The zero-order valence-electron chi connectivity index (χ0n) is 19.9. The normalized spacial score (nSPS) is 26.8. The van der Waals surface area contributed by atoms with Crippen LogP contribution in [0.4, 0.5) is 0 Å². The summed E-state index contributed by atoms with van der Waals surface area (Å²) in [5.74, 6) is -3.50. The molecule has 1 aliphatic carbocycles. The minimum atomic E-state index is -1.40. The van der Waals surface area contributed by atoms with Crippen molar-refractivity contribution in [3.63, 3.8) is 0 Å². The molecular weight excluding hydrogens is 466 g/mol. The molecule has 0 saturated heterocycles. The Hall–Kier alpha value is -3.83. The van der Waals surface area contributed by atoms with Crippen molar-refractivity contribution in [1.29, 1.82) is 0 Å². The standard InChI is InChI=1S/C23H27NO11/c1-10(25)24-19-18(15-6-7-16-17(8-15)31-9-30-16)20(32-11(2)26)22(34-13(4)28)23(35-14(5)29)21(19)33-12(3)27/h6-8,18-23H,9H2,1-5H3,(H,24,25)/t18-,19-,20+,21-,22-,23-/m0/s1. The maximum absolute atomic E-state index is 12.2. The Labute approximate surface area is 201 Å². The molecule has 1 aromatic carbocycles. The zero-order chi connectivity index (χ0) is 25.9. The Morgan fingerprint density at radius 3 is 1.74 bits per heavy atom. The van der Waals surface area contributed by atoms with E-state index in [2.05, 4.69) is 5.32 Å². The summed E-state index contributed by atoms with van der Waals surface area (Å²) in [4.78, 5) is 60.4. The van der Waals surface area contributed by atoms with Gasteiger partial charge in [-0.2, -0.15) is 0 Å². The Balaban J connectivity index is 2.23. The molecule has 0 aromatic heterocycles. The Kier molecular flexibility index (Phi) is 7.82. The number of nitrogens with one attached hydrogen (secondary N) is 1. The fourth-order valence-electron chi connectivity index (χ4n) is 4.43. The molecule has 6 atom stereocenters. The number of fused-ring (bicyclic) bond motifs is 1. The van der Waals surface area contributed by atoms with Crippen molar-refractivity contribution in [2.75, 3.05) is 6.79 Å². The number of esters is 4. The van der Waals surface area contributed by atoms with Gasteiger partial charge in [-0.3, -0.25) is 24.0 Å². The van der Waals surface area contributed by atoms with Crippen molar-refractivity contribution in [2.45, 2.75) is 71.0 Å². The lowest BCUT2D eigenvalue weighted by atomic mass is 9.72. The van der Waals surface area contributed by atoms with E-state index in [4.69, 9.17) is 28.4 Å². The number of carbonyl (C=O) groups excluding carboxylic acids is 5. The van der Waals surface area contributed by atoms with Crippen LogP contribution in [0.5, 0.6) is 11.5 Å². The highest BCUT2D eigenvalue weighted by atomic mass is 16.7. The van der Waals surface area contributed by atoms with Gasteiger partial charge < -0.3 is 33.7 Å². The lowest BCUT2D eigenvalue weighted by Gasteiger charge is -2.48. The van der Waals surface area contributed by atoms with Crippen LogP contribution >= 0.6 is 0 Å². The molecule has 1 saturated carbocycles. The smallest absolute Gasteiger partial charge is 0.303 e. The second-order valence-corrected chi connectivity index (χ2v) is 8.16. The topological polar surface area (TPSA) is 153 Å². The average molecular weight is 493 g/mol. The average Bonchev–Trinajstić information content (AvgIpc) is 3.19. The molecule has 1 heterocycles. The molecule has 0 unspecified atom stereocenters. The van der Waals surface area contributed by atoms with Gasteiger partial charge in [0.05, 0.1) is 6.04 Å². The summed E-state index contributed by atoms with van der Waals surface area (Å²) < 4.78 is 32.8. The van der Waals surface area contributed by atoms with Crippen molar-refractivity contribution < 1.29 is 52.4 Å². The molecule has 35 heavy (non-hydrogen) atoms. The molecule has 0 spiro atoms. The monoisotopic (exact) mass is 493 g/mol. The van der Waals surface area contributed by atoms with Crippen molar-refractivity contribution in [2.24, 2.45) is 0 Å². The zero-order valence-corrected chi connectivity index (χ0v) is 19.9. The van der Waals surface area contributed by atoms with Crippen LogP contribution in [0.3, 0.4) is 0 Å². The van der Waals surface area contributed by atoms with Gasteiger partial charge in [0.15, 0.2) is 35.9 Å². The molecule has 1 aromatic rings. The first-order valence-corrected chi connectivity index (χ1v) is 10.8. The van der Waals surface area contributed by atoms with Crippen molar-refractivity contribution >= 4 is 29.8 Å². The number of hydrogen-bond donors (Lipinski definition) is 1. The van der Waals surface area contributed by atoms with E-state index in [0.717, 1.165) is 27.7 Å². The van der Waals surface area contributed by atoms with Gasteiger partial charge in [-0.25, -0.2) is 0 Å². The molecule has 2 aliphatic rings. The SMILES string of the molecule is CC(=O)N[C@@H]1[C@H](OC(C)=O)[C@H](OC(C)=O)[C@@H](OC(C)=O)[C@H](OC(C)=O)[C@H]1c1ccc2c(c1)OCO2. The van der Waals surface area contributed by atoms with Gasteiger partial charge in [-0.15, -0.1) is 0 Å². The van der Waals surface area contributed by atoms with Crippen LogP contribution in [-0.2, 0) is 42.9 Å². The predicted molar refractivity (Wildman–Crippen MR) is 115 cm³/mol. The van der Waals surface area contributed by atoms with Gasteiger partial charge >= 0.3 is 23.9 Å². The number of amides is 1. The first-order valence-electron chi connectivity index (χ1n) is 10.8. The van der Waals surface area contributed by atoms with Crippen molar-refractivity contribution in [3.05, 3.63) is 23.8 Å². The lowest BCUT2D eigenvalue weighted by molar-refractivity contribution is -0.217. The molecule has 1 fully saturated rings. The summed E-state index contributed by atoms with van der Waals surface area (Å²) in [5.41, 5.74) is 0.495. The van der Waals surface area contributed by atoms with Crippen LogP contribution < -0.4 is 14.8 Å². The number of benzene rings is 1. The third-order valence-corrected chi connectivity index (χ3v) is 5.43. The minimum absolute atomic E-state index is 0.00657. The molecule has 3 rings (SSSR count). The van der Waals surface area contributed by atoms with Gasteiger partial charge in [-0.1, -0.05) is 6.07 Å². The number of ether oxygens (including phenoxy) is 6. The predicted octanol–water partition coefficient (Wildman–Crippen LogP) is 0.744. The van der Waals surface area contributed by atoms with E-state index in [1.165, 1.54) is 6.92 Å². The molecule has 0 radical (unpaired) electrons. The van der Waals surface area contributed by atoms with Crippen LogP contribution in [0.25, 0.3) is 0 Å². The van der Waals surface area contributed by atoms with Gasteiger partial charge in [0.2, 0.25) is 12.7 Å². The van der Waals surface area contributed by atoms with Crippen molar-refractivity contribution in [1.82, 2.24) is 5.32 Å². The third-order valence-electron chi connectivity index (χ3n) is 5.43. The van der Waals surface area contributed by atoms with Crippen molar-refractivity contribution in [3.8, 4) is 11.5 Å². The number of rotatable bonds is 6. The molecule has 1 aliphatic heterocycles. The molecule has 190 valence electrons. The van der Waals surface area contributed by atoms with Gasteiger partial charge in [0.1, 0.15) is 0 Å². The van der Waals surface area contributed by atoms with E-state index in [1.54, 1.807) is 18.2 Å². The maximum atomic E-state index is 12.2. The summed E-state index contributed by atoms with van der Waals surface area (Å²) in [5, 5.41) is 2.72. The van der Waals surface area contributed by atoms with Gasteiger partial charge in [-0.05, 0) is 17.7 Å². The first-order chi connectivity index (χ1) is 16.5. The highest BCUT2D eigenvalue weighted by Gasteiger charge is 2.58. The highest BCUT2D eigenvalue weighted by molar-refractivity contribution is 5.74. The molecule has 1 N–H and O–H groups in total. The highest BCUT2D eigenvalue weighted by Crippen LogP contribution is 2.43. The van der Waals surface area contributed by atoms with E-state index >= 15 is 0 Å². The van der Waals surface area contributed by atoms with Gasteiger partial charge in [0, 0.05) is 40.5 Å². The van der Waals surface area contributed by atoms with E-state index in [9.17, 15) is 24.0 Å². The van der Waals surface area contributed by atoms with E-state index in [-0.39, 0.29) is 6.79 Å². The van der Waals surface area contributed by atoms with E-state index in [1.807, 2.05) is 0 Å². The summed E-state index contributed by atoms with van der Waals surface area (Å²) in [6, 6.07) is 3.86. The Bertz CT molecular complexity index is 979. The van der Waals surface area contributed by atoms with Crippen LogP contribution in [0.15, 0.2) is 18.2 Å². The van der Waals surface area contributed by atoms with Crippen LogP contribution in [-0.4, -0.2) is 67.0 Å². The fraction of sp³-hybridized carbons (Fsp3) is 0.522. The molecule has 12 nitrogen and oxygen atoms in total. The molecular formula is C23H27NO11. The van der Waals surface area contributed by atoms with Crippen LogP contribution in [0.1, 0.15) is 46.1 Å². The van der Waals surface area contributed by atoms with E-state index in [0.29, 0.717) is 17.1 Å². The second kappa shape index (κ2) is 10.6. The summed E-state index contributed by atoms with van der Waals surface area (Å²) in [7, 11) is 0. The third kappa shape index (κ3) is 6.00. The number of carbonyl (C=O) groups is 5. The molecule has 1 amide bonds. The largest absolute Gasteiger partial charge is 0.458 e. The Morgan fingerprint density at radius 2 is 1.20 bits per heavy atom. The molecule has 12 heteroatoms. The molecule has 0 bridgehead atoms. The fourth-order valence-corrected chi connectivity index (χ4v) is 4.43. The quantitative estimate of drug-likeness (QED) is 0.441. The number of hydrogen-bond acceptors (Lipinski definition) is 11. The lowest BCUT2D eigenvalue weighted by Crippen LogP contribution is -2.67. The summed E-state index contributed by atoms with van der Waals surface area (Å²) >= 11 is 0. The van der Waals surface area contributed by atoms with Gasteiger partial charge in [0.25, 0.3) is 0 Å². The summed E-state index contributed by atoms with van der Waals surface area (Å²) in [6.45, 7) is 5.81. The van der Waals surface area contributed by atoms with Crippen LogP contribution in [0, 0.1) is 0 Å². The first kappa shape index (κ1) is 25.8. The Morgan fingerprint density at radius 1 is 0.714 bits per heavy atom. The summed E-state index contributed by atoms with van der Waals surface area (Å²) in [6.07, 6.45) is -5.31. The maximum Gasteiger partial charge on any atom is 0.303 e. The van der Waals surface area contributed by atoms with E-state index < -0.39 is 66.2 Å².